The molecule has 0 aromatic carbocycles. The van der Waals surface area contributed by atoms with E-state index in [0.29, 0.717) is 19.3 Å². The molecule has 0 aliphatic heterocycles. The van der Waals surface area contributed by atoms with Gasteiger partial charge in [-0.3, -0.25) is 0 Å². The number of halogens is 6. The first-order chi connectivity index (χ1) is 16.1. The van der Waals surface area contributed by atoms with Crippen molar-refractivity contribution in [1.82, 2.24) is 0 Å². The van der Waals surface area contributed by atoms with Crippen LogP contribution in [0.2, 0.25) is 0 Å². The van der Waals surface area contributed by atoms with Crippen molar-refractivity contribution < 1.29 is 41.7 Å². The molecule has 3 aliphatic carbocycles. The van der Waals surface area contributed by atoms with Gasteiger partial charge >= 0.3 is 18.0 Å². The fourth-order valence-corrected chi connectivity index (χ4v) is 5.89. The fourth-order valence-electron chi connectivity index (χ4n) is 5.89. The molecule has 3 aliphatic rings. The molecule has 3 nitrogen and oxygen atoms in total. The van der Waals surface area contributed by atoms with Gasteiger partial charge in [-0.2, -0.15) is 26.3 Å². The third-order valence-electron chi connectivity index (χ3n) is 7.71. The van der Waals surface area contributed by atoms with E-state index in [1.165, 1.54) is 5.57 Å². The Morgan fingerprint density at radius 1 is 1.09 bits per heavy atom. The lowest BCUT2D eigenvalue weighted by atomic mass is 9.62. The highest BCUT2D eigenvalue weighted by Crippen LogP contribution is 2.57. The van der Waals surface area contributed by atoms with Crippen LogP contribution in [-0.4, -0.2) is 45.5 Å². The Morgan fingerprint density at radius 3 is 2.26 bits per heavy atom. The average Bonchev–Trinajstić information content (AvgIpc) is 3.07. The highest BCUT2D eigenvalue weighted by Gasteiger charge is 2.70. The Hall–Kier alpha value is -1.76. The van der Waals surface area contributed by atoms with Crippen LogP contribution in [0.25, 0.3) is 0 Å². The van der Waals surface area contributed by atoms with Crippen LogP contribution in [0, 0.1) is 29.1 Å². The summed E-state index contributed by atoms with van der Waals surface area (Å²) in [6, 6.07) is 0. The summed E-state index contributed by atoms with van der Waals surface area (Å²) in [6.45, 7) is 3.82. The van der Waals surface area contributed by atoms with Gasteiger partial charge in [0.15, 0.2) is 0 Å². The molecular weight excluding hydrogens is 474 g/mol. The largest absolute Gasteiger partial charge is 0.438 e. The molecule has 3 N–H and O–H groups in total. The molecule has 2 fully saturated rings. The van der Waals surface area contributed by atoms with E-state index in [9.17, 15) is 41.7 Å². The number of rotatable bonds is 3. The number of aliphatic hydroxyl groups is 3. The van der Waals surface area contributed by atoms with Crippen LogP contribution in [-0.2, 0) is 0 Å². The summed E-state index contributed by atoms with van der Waals surface area (Å²) < 4.78 is 77.3. The Bertz CT molecular complexity index is 923. The quantitative estimate of drug-likeness (QED) is 0.259. The molecule has 0 heterocycles. The molecular formula is C26H32F6O3. The van der Waals surface area contributed by atoms with Crippen LogP contribution in [0.3, 0.4) is 0 Å². The lowest BCUT2D eigenvalue weighted by molar-refractivity contribution is -0.343. The van der Waals surface area contributed by atoms with E-state index in [2.05, 4.69) is 13.0 Å². The van der Waals surface area contributed by atoms with E-state index in [1.54, 1.807) is 6.92 Å². The van der Waals surface area contributed by atoms with Gasteiger partial charge in [0.1, 0.15) is 0 Å². The number of alkyl halides is 6. The van der Waals surface area contributed by atoms with Gasteiger partial charge in [-0.05, 0) is 68.1 Å². The van der Waals surface area contributed by atoms with Crippen LogP contribution < -0.4 is 0 Å². The second-order valence-electron chi connectivity index (χ2n) is 10.3. The van der Waals surface area contributed by atoms with E-state index >= 15 is 0 Å². The maximum absolute atomic E-state index is 12.9. The SMILES string of the molecule is C[C@H](CC#CC(O)(C(F)(F)F)C(F)(F)F)C1=CC[C@H]2/C(=C/C=C3C[C@@H](O)C[C@H](O)C3)CCC[C@]12C. The zero-order chi connectivity index (χ0) is 26.2. The molecule has 0 bridgehead atoms. The third kappa shape index (κ3) is 5.65. The van der Waals surface area contributed by atoms with Gasteiger partial charge < -0.3 is 15.3 Å². The number of allylic oxidation sites excluding steroid dienone is 5. The Morgan fingerprint density at radius 2 is 1.69 bits per heavy atom. The maximum atomic E-state index is 12.9. The average molecular weight is 507 g/mol. The Balaban J connectivity index is 1.75. The van der Waals surface area contributed by atoms with Gasteiger partial charge in [-0.25, -0.2) is 0 Å². The summed E-state index contributed by atoms with van der Waals surface area (Å²) in [5.41, 5.74) is -2.16. The van der Waals surface area contributed by atoms with Gasteiger partial charge in [0.2, 0.25) is 0 Å². The second kappa shape index (κ2) is 9.95. The van der Waals surface area contributed by atoms with E-state index in [-0.39, 0.29) is 23.7 Å². The van der Waals surface area contributed by atoms with Gasteiger partial charge in [0.05, 0.1) is 12.2 Å². The molecule has 5 atom stereocenters. The molecule has 0 aromatic heterocycles. The van der Waals surface area contributed by atoms with Crippen LogP contribution in [0.5, 0.6) is 0 Å². The van der Waals surface area contributed by atoms with Crippen molar-refractivity contribution in [3.63, 3.8) is 0 Å². The molecule has 0 saturated heterocycles. The van der Waals surface area contributed by atoms with Crippen molar-refractivity contribution in [3.05, 3.63) is 34.9 Å². The molecule has 0 aromatic rings. The molecule has 0 unspecified atom stereocenters. The number of hydrogen-bond acceptors (Lipinski definition) is 3. The van der Waals surface area contributed by atoms with E-state index in [1.807, 2.05) is 18.1 Å². The first-order valence-corrected chi connectivity index (χ1v) is 11.9. The lowest BCUT2D eigenvalue weighted by Crippen LogP contribution is -2.55. The fraction of sp³-hybridized carbons (Fsp3) is 0.692. The summed E-state index contributed by atoms with van der Waals surface area (Å²) in [5, 5.41) is 29.1. The molecule has 2 saturated carbocycles. The molecule has 0 spiro atoms. The van der Waals surface area contributed by atoms with Crippen molar-refractivity contribution >= 4 is 0 Å². The zero-order valence-corrected chi connectivity index (χ0v) is 19.8. The number of fused-ring (bicyclic) bond motifs is 1. The van der Waals surface area contributed by atoms with Gasteiger partial charge in [0.25, 0.3) is 0 Å². The predicted molar refractivity (Wildman–Crippen MR) is 119 cm³/mol. The minimum absolute atomic E-state index is 0.166. The van der Waals surface area contributed by atoms with Crippen molar-refractivity contribution in [2.45, 2.75) is 95.4 Å². The monoisotopic (exact) mass is 506 g/mol. The van der Waals surface area contributed by atoms with Crippen molar-refractivity contribution in [3.8, 4) is 11.8 Å². The van der Waals surface area contributed by atoms with Crippen LogP contribution in [0.1, 0.15) is 65.2 Å². The number of aliphatic hydroxyl groups excluding tert-OH is 2. The van der Waals surface area contributed by atoms with Gasteiger partial charge in [-0.1, -0.05) is 54.7 Å². The Kier molecular flexibility index (Phi) is 7.91. The lowest BCUT2D eigenvalue weighted by Gasteiger charge is -2.42. The normalized spacial score (nSPS) is 32.0. The van der Waals surface area contributed by atoms with Crippen LogP contribution in [0.4, 0.5) is 26.3 Å². The first-order valence-electron chi connectivity index (χ1n) is 11.9. The molecule has 0 amide bonds. The van der Waals surface area contributed by atoms with Gasteiger partial charge in [0, 0.05) is 6.42 Å². The first kappa shape index (κ1) is 27.8. The summed E-state index contributed by atoms with van der Waals surface area (Å²) in [7, 11) is 0. The minimum atomic E-state index is -5.95. The van der Waals surface area contributed by atoms with Crippen LogP contribution in [0.15, 0.2) is 34.9 Å². The predicted octanol–water partition coefficient (Wildman–Crippen LogP) is 5.77. The topological polar surface area (TPSA) is 60.7 Å². The molecule has 9 heteroatoms. The van der Waals surface area contributed by atoms with Crippen molar-refractivity contribution in [1.29, 1.82) is 0 Å². The van der Waals surface area contributed by atoms with Crippen molar-refractivity contribution in [2.75, 3.05) is 0 Å². The highest BCUT2D eigenvalue weighted by molar-refractivity contribution is 5.35. The van der Waals surface area contributed by atoms with E-state index in [0.717, 1.165) is 42.7 Å². The minimum Gasteiger partial charge on any atom is -0.393 e. The molecule has 196 valence electrons. The summed E-state index contributed by atoms with van der Waals surface area (Å²) in [4.78, 5) is 0. The van der Waals surface area contributed by atoms with E-state index < -0.39 is 30.2 Å². The Labute approximate surface area is 201 Å². The smallest absolute Gasteiger partial charge is 0.393 e. The number of hydrogen-bond donors (Lipinski definition) is 3. The summed E-state index contributed by atoms with van der Waals surface area (Å²) in [5.74, 6) is 2.81. The maximum Gasteiger partial charge on any atom is 0.438 e. The summed E-state index contributed by atoms with van der Waals surface area (Å²) in [6.07, 6.45) is -2.46. The van der Waals surface area contributed by atoms with Crippen LogP contribution >= 0.6 is 0 Å². The molecule has 35 heavy (non-hydrogen) atoms. The van der Waals surface area contributed by atoms with Gasteiger partial charge in [-0.15, -0.1) is 0 Å². The standard InChI is InChI=1S/C26H32F6O3/c1-16(5-3-12-24(35,25(27,28)29)26(30,31)32)21-9-10-22-18(6-4-11-23(21,22)2)8-7-17-13-19(33)15-20(34)14-17/h7-9,16,19-20,22,33-35H,4-6,10-11,13-15H2,1-2H3/b18-8+/t16-,19-,20-,22+,23-/m1/s1. The molecule has 0 radical (unpaired) electrons. The third-order valence-corrected chi connectivity index (χ3v) is 7.71. The molecule has 3 rings (SSSR count). The summed E-state index contributed by atoms with van der Waals surface area (Å²) >= 11 is 0. The zero-order valence-electron chi connectivity index (χ0n) is 19.8. The van der Waals surface area contributed by atoms with Crippen molar-refractivity contribution in [2.24, 2.45) is 17.3 Å². The second-order valence-corrected chi connectivity index (χ2v) is 10.3. The highest BCUT2D eigenvalue weighted by atomic mass is 19.4. The van der Waals surface area contributed by atoms with E-state index in [4.69, 9.17) is 0 Å².